The number of hydrogen-bond acceptors (Lipinski definition) is 3. The van der Waals surface area contributed by atoms with Gasteiger partial charge >= 0.3 is 36.9 Å². The molecule has 0 unspecified atom stereocenters. The van der Waals surface area contributed by atoms with Crippen molar-refractivity contribution in [2.24, 2.45) is 0 Å². The number of aryl methyl sites for hydroxylation is 1. The first kappa shape index (κ1) is 14.1. The van der Waals surface area contributed by atoms with E-state index in [-0.39, 0.29) is 4.90 Å². The van der Waals surface area contributed by atoms with Crippen LogP contribution >= 0.6 is 0 Å². The van der Waals surface area contributed by atoms with Crippen molar-refractivity contribution in [1.29, 1.82) is 0 Å². The quantitative estimate of drug-likeness (QED) is 0.535. The van der Waals surface area contributed by atoms with E-state index < -0.39 is 10.1 Å². The number of hydrogen-bond donors (Lipinski definition) is 2. The molecule has 74 valence electrons. The van der Waals surface area contributed by atoms with Crippen molar-refractivity contribution in [3.8, 4) is 0 Å². The van der Waals surface area contributed by atoms with E-state index in [9.17, 15) is 8.42 Å². The summed E-state index contributed by atoms with van der Waals surface area (Å²) < 4.78 is 29.9. The van der Waals surface area contributed by atoms with Crippen LogP contribution in [0.1, 0.15) is 5.56 Å². The molecule has 0 fully saturated rings. The van der Waals surface area contributed by atoms with Crippen molar-refractivity contribution >= 4 is 38.0 Å². The molecule has 0 atom stereocenters. The maximum absolute atomic E-state index is 10.5. The van der Waals surface area contributed by atoms with Gasteiger partial charge in [0.15, 0.2) is 0 Å². The van der Waals surface area contributed by atoms with Gasteiger partial charge in [0, 0.05) is 0 Å². The second kappa shape index (κ2) is 6.55. The summed E-state index contributed by atoms with van der Waals surface area (Å²) in [7, 11) is -4.02. The molecule has 0 aliphatic rings. The van der Waals surface area contributed by atoms with Crippen molar-refractivity contribution in [2.45, 2.75) is 11.8 Å². The molecule has 1 rings (SSSR count). The van der Waals surface area contributed by atoms with E-state index in [2.05, 4.69) is 0 Å². The number of aliphatic hydroxyl groups is 1. The van der Waals surface area contributed by atoms with Crippen LogP contribution in [0.5, 0.6) is 0 Å². The van der Waals surface area contributed by atoms with E-state index in [0.29, 0.717) is 3.86 Å². The zero-order chi connectivity index (χ0) is 11.2. The molecule has 6 heteroatoms. The van der Waals surface area contributed by atoms with Gasteiger partial charge < -0.3 is 0 Å². The third-order valence-corrected chi connectivity index (χ3v) is 2.19. The second-order valence-corrected chi connectivity index (χ2v) is 4.66. The molecular formula is C8H11NaO4S. The Morgan fingerprint density at radius 2 is 1.64 bits per heavy atom. The third-order valence-electron chi connectivity index (χ3n) is 1.32. The van der Waals surface area contributed by atoms with E-state index in [1.807, 2.05) is 6.92 Å². The number of aliphatic hydroxyl groups excluding tert-OH is 1. The first-order chi connectivity index (χ1) is 6.41. The Bertz CT molecular complexity index is 357. The Kier molecular flexibility index (Phi) is 6.59. The fraction of sp³-hybridized carbons (Fsp3) is 0.250. The SMILES string of the molecule is Cc1ccc(S(=O)(=O)O)cc1.O[CH2][Na]. The molecule has 0 aromatic heterocycles. The standard InChI is InChI=1S/C7H8O3S.CH3O.Na/c1-6-2-4-7(5-3-6)11(8,9)10;1-2;/h2-5H,1H3,(H,8,9,10);2H,1H2;. The van der Waals surface area contributed by atoms with Gasteiger partial charge in [0.1, 0.15) is 0 Å². The van der Waals surface area contributed by atoms with Crippen LogP contribution in [0.3, 0.4) is 0 Å². The Morgan fingerprint density at radius 1 is 1.29 bits per heavy atom. The molecule has 14 heavy (non-hydrogen) atoms. The molecule has 4 nitrogen and oxygen atoms in total. The Hall–Kier alpha value is 0.0900. The molecule has 0 heterocycles. The zero-order valence-electron chi connectivity index (χ0n) is 8.14. The normalized spacial score (nSPS) is 10.4. The summed E-state index contributed by atoms with van der Waals surface area (Å²) >= 11 is 0.924. The van der Waals surface area contributed by atoms with Crippen molar-refractivity contribution in [1.82, 2.24) is 0 Å². The fourth-order valence-electron chi connectivity index (χ4n) is 0.710. The molecule has 1 aromatic rings. The van der Waals surface area contributed by atoms with E-state index in [1.165, 1.54) is 12.1 Å². The van der Waals surface area contributed by atoms with Gasteiger partial charge in [0.25, 0.3) is 10.1 Å². The summed E-state index contributed by atoms with van der Waals surface area (Å²) in [5.74, 6) is 0. The van der Waals surface area contributed by atoms with Gasteiger partial charge in [-0.25, -0.2) is 0 Å². The summed E-state index contributed by atoms with van der Waals surface area (Å²) in [6.07, 6.45) is 0. The van der Waals surface area contributed by atoms with Crippen LogP contribution < -0.4 is 0 Å². The van der Waals surface area contributed by atoms with Gasteiger partial charge in [-0.05, 0) is 19.1 Å². The van der Waals surface area contributed by atoms with E-state index in [0.717, 1.165) is 33.5 Å². The molecule has 1 aromatic carbocycles. The average Bonchev–Trinajstić information content (AvgIpc) is 2.04. The molecule has 0 bridgehead atoms. The van der Waals surface area contributed by atoms with Crippen LogP contribution in [-0.2, 0) is 10.1 Å². The Labute approximate surface area is 101 Å². The van der Waals surface area contributed by atoms with Crippen LogP contribution in [-0.4, -0.2) is 49.9 Å². The van der Waals surface area contributed by atoms with Crippen LogP contribution in [0.2, 0.25) is 0 Å². The Balaban J connectivity index is 0.000000500. The topological polar surface area (TPSA) is 74.6 Å². The fourth-order valence-corrected chi connectivity index (χ4v) is 1.19. The molecule has 0 saturated carbocycles. The molecule has 0 aliphatic carbocycles. The molecule has 0 saturated heterocycles. The van der Waals surface area contributed by atoms with Gasteiger partial charge in [0.05, 0.1) is 4.90 Å². The Morgan fingerprint density at radius 3 is 1.93 bits per heavy atom. The summed E-state index contributed by atoms with van der Waals surface area (Å²) in [6, 6.07) is 5.99. The van der Waals surface area contributed by atoms with Gasteiger partial charge in [-0.15, -0.1) is 0 Å². The first-order valence-corrected chi connectivity index (χ1v) is 6.92. The van der Waals surface area contributed by atoms with Crippen molar-refractivity contribution < 1.29 is 18.1 Å². The number of rotatable bonds is 1. The van der Waals surface area contributed by atoms with Crippen LogP contribution in [0.25, 0.3) is 0 Å². The third kappa shape index (κ3) is 5.74. The maximum atomic E-state index is 10.5. The van der Waals surface area contributed by atoms with Crippen molar-refractivity contribution in [3.63, 3.8) is 0 Å². The van der Waals surface area contributed by atoms with E-state index >= 15 is 0 Å². The first-order valence-electron chi connectivity index (χ1n) is 4.06. The molecule has 2 N–H and O–H groups in total. The van der Waals surface area contributed by atoms with Crippen molar-refractivity contribution in [2.75, 3.05) is 3.86 Å². The minimum atomic E-state index is -4.02. The monoisotopic (exact) mass is 226 g/mol. The molecule has 0 radical (unpaired) electrons. The van der Waals surface area contributed by atoms with Crippen LogP contribution in [0, 0.1) is 6.92 Å². The predicted molar refractivity (Wildman–Crippen MR) is 53.8 cm³/mol. The molecule has 0 amide bonds. The zero-order valence-corrected chi connectivity index (χ0v) is 11.0. The van der Waals surface area contributed by atoms with Gasteiger partial charge in [-0.2, -0.15) is 8.42 Å². The second-order valence-electron chi connectivity index (χ2n) is 2.60. The van der Waals surface area contributed by atoms with E-state index in [4.69, 9.17) is 9.66 Å². The molecular weight excluding hydrogens is 215 g/mol. The van der Waals surface area contributed by atoms with Crippen LogP contribution in [0.15, 0.2) is 29.2 Å². The van der Waals surface area contributed by atoms with Crippen molar-refractivity contribution in [3.05, 3.63) is 29.8 Å². The van der Waals surface area contributed by atoms with E-state index in [1.54, 1.807) is 12.1 Å². The summed E-state index contributed by atoms with van der Waals surface area (Å²) in [4.78, 5) is -0.0666. The molecule has 0 spiro atoms. The minimum absolute atomic E-state index is 0.0666. The van der Waals surface area contributed by atoms with Crippen LogP contribution in [0.4, 0.5) is 0 Å². The summed E-state index contributed by atoms with van der Waals surface area (Å²) in [5, 5.41) is 7.63. The number of benzene rings is 1. The summed E-state index contributed by atoms with van der Waals surface area (Å²) in [6.45, 7) is 1.84. The van der Waals surface area contributed by atoms with Gasteiger partial charge in [-0.1, -0.05) is 17.7 Å². The summed E-state index contributed by atoms with van der Waals surface area (Å²) in [5.41, 5.74) is 0.956. The predicted octanol–water partition coefficient (Wildman–Crippen LogP) is 0.346. The average molecular weight is 226 g/mol. The molecule has 0 aliphatic heterocycles. The van der Waals surface area contributed by atoms with Gasteiger partial charge in [0.2, 0.25) is 0 Å². The van der Waals surface area contributed by atoms with Gasteiger partial charge in [-0.3, -0.25) is 4.55 Å².